The van der Waals surface area contributed by atoms with Crippen molar-refractivity contribution in [2.45, 2.75) is 33.8 Å². The normalized spacial score (nSPS) is 10.3. The van der Waals surface area contributed by atoms with Crippen LogP contribution in [-0.4, -0.2) is 30.4 Å². The standard InChI is InChI=1S/C21H25N3O4/c1-14(2)28-20-8-6-5-7-19(20)23-21(27)13-24(16(4)26)18-11-9-17(10-12-18)22-15(3)25/h5-12,14H,13H2,1-4H3,(H,22,25)(H,23,27). The second-order valence-corrected chi connectivity index (χ2v) is 6.54. The lowest BCUT2D eigenvalue weighted by atomic mass is 10.2. The van der Waals surface area contributed by atoms with Gasteiger partial charge >= 0.3 is 0 Å². The fraction of sp³-hybridized carbons (Fsp3) is 0.286. The molecule has 7 heteroatoms. The van der Waals surface area contributed by atoms with Crippen LogP contribution in [0.1, 0.15) is 27.7 Å². The molecule has 0 aliphatic carbocycles. The first-order valence-electron chi connectivity index (χ1n) is 8.97. The molecule has 0 aromatic heterocycles. The highest BCUT2D eigenvalue weighted by Gasteiger charge is 2.17. The van der Waals surface area contributed by atoms with Crippen molar-refractivity contribution in [2.75, 3.05) is 22.1 Å². The maximum atomic E-state index is 12.5. The molecule has 7 nitrogen and oxygen atoms in total. The molecule has 0 atom stereocenters. The summed E-state index contributed by atoms with van der Waals surface area (Å²) in [7, 11) is 0. The Morgan fingerprint density at radius 3 is 2.18 bits per heavy atom. The molecule has 0 unspecified atom stereocenters. The molecule has 2 aromatic carbocycles. The van der Waals surface area contributed by atoms with Crippen molar-refractivity contribution < 1.29 is 19.1 Å². The lowest BCUT2D eigenvalue weighted by molar-refractivity contribution is -0.120. The molecule has 3 amide bonds. The Balaban J connectivity index is 2.11. The molecule has 0 bridgehead atoms. The van der Waals surface area contributed by atoms with Gasteiger partial charge in [-0.2, -0.15) is 0 Å². The molecule has 0 radical (unpaired) electrons. The zero-order valence-electron chi connectivity index (χ0n) is 16.5. The molecule has 0 spiro atoms. The Hall–Kier alpha value is -3.35. The minimum atomic E-state index is -0.346. The van der Waals surface area contributed by atoms with E-state index < -0.39 is 0 Å². The van der Waals surface area contributed by atoms with Crippen molar-refractivity contribution >= 4 is 34.8 Å². The van der Waals surface area contributed by atoms with Gasteiger partial charge in [0.1, 0.15) is 12.3 Å². The van der Waals surface area contributed by atoms with Gasteiger partial charge in [-0.1, -0.05) is 12.1 Å². The summed E-state index contributed by atoms with van der Waals surface area (Å²) < 4.78 is 5.70. The SMILES string of the molecule is CC(=O)Nc1ccc(N(CC(=O)Nc2ccccc2OC(C)C)C(C)=O)cc1. The highest BCUT2D eigenvalue weighted by Crippen LogP contribution is 2.25. The molecule has 2 aromatic rings. The zero-order valence-corrected chi connectivity index (χ0v) is 16.5. The van der Waals surface area contributed by atoms with Crippen LogP contribution in [0.2, 0.25) is 0 Å². The highest BCUT2D eigenvalue weighted by molar-refractivity contribution is 6.02. The average molecular weight is 383 g/mol. The van der Waals surface area contributed by atoms with E-state index in [-0.39, 0.29) is 30.4 Å². The quantitative estimate of drug-likeness (QED) is 0.767. The van der Waals surface area contributed by atoms with Crippen LogP contribution in [-0.2, 0) is 14.4 Å². The third kappa shape index (κ3) is 6.12. The maximum absolute atomic E-state index is 12.5. The first-order chi connectivity index (χ1) is 13.3. The predicted molar refractivity (Wildman–Crippen MR) is 110 cm³/mol. The summed E-state index contributed by atoms with van der Waals surface area (Å²) in [6, 6.07) is 13.9. The molecule has 0 fully saturated rings. The van der Waals surface area contributed by atoms with Gasteiger partial charge < -0.3 is 20.3 Å². The molecule has 148 valence electrons. The Bertz CT molecular complexity index is 847. The molecule has 0 aliphatic heterocycles. The van der Waals surface area contributed by atoms with Crippen molar-refractivity contribution in [1.82, 2.24) is 0 Å². The van der Waals surface area contributed by atoms with E-state index in [1.807, 2.05) is 19.9 Å². The summed E-state index contributed by atoms with van der Waals surface area (Å²) in [5.74, 6) is -0.229. The Labute approximate surface area is 164 Å². The Morgan fingerprint density at radius 1 is 0.964 bits per heavy atom. The van der Waals surface area contributed by atoms with Crippen molar-refractivity contribution in [2.24, 2.45) is 0 Å². The molecule has 28 heavy (non-hydrogen) atoms. The van der Waals surface area contributed by atoms with Gasteiger partial charge in [-0.25, -0.2) is 0 Å². The van der Waals surface area contributed by atoms with Crippen LogP contribution in [0.3, 0.4) is 0 Å². The number of para-hydroxylation sites is 2. The third-order valence-electron chi connectivity index (χ3n) is 3.70. The number of nitrogens with zero attached hydrogens (tertiary/aromatic N) is 1. The summed E-state index contributed by atoms with van der Waals surface area (Å²) in [5, 5.41) is 5.45. The van der Waals surface area contributed by atoms with Crippen LogP contribution in [0, 0.1) is 0 Å². The summed E-state index contributed by atoms with van der Waals surface area (Å²) in [6.45, 7) is 6.47. The van der Waals surface area contributed by atoms with Gasteiger partial charge in [0.15, 0.2) is 0 Å². The van der Waals surface area contributed by atoms with Gasteiger partial charge in [0, 0.05) is 25.2 Å². The van der Waals surface area contributed by atoms with E-state index in [1.54, 1.807) is 42.5 Å². The van der Waals surface area contributed by atoms with Gasteiger partial charge in [0.05, 0.1) is 11.8 Å². The van der Waals surface area contributed by atoms with Crippen LogP contribution in [0.4, 0.5) is 17.1 Å². The van der Waals surface area contributed by atoms with E-state index in [0.717, 1.165) is 0 Å². The van der Waals surface area contributed by atoms with E-state index >= 15 is 0 Å². The summed E-state index contributed by atoms with van der Waals surface area (Å²) >= 11 is 0. The van der Waals surface area contributed by atoms with Crippen molar-refractivity contribution in [1.29, 1.82) is 0 Å². The number of anilines is 3. The molecule has 0 saturated heterocycles. The fourth-order valence-corrected chi connectivity index (χ4v) is 2.57. The second kappa shape index (κ2) is 9.55. The lowest BCUT2D eigenvalue weighted by Crippen LogP contribution is -2.36. The van der Waals surface area contributed by atoms with Gasteiger partial charge in [0.2, 0.25) is 17.7 Å². The largest absolute Gasteiger partial charge is 0.489 e. The smallest absolute Gasteiger partial charge is 0.244 e. The van der Waals surface area contributed by atoms with Gasteiger partial charge in [-0.3, -0.25) is 14.4 Å². The van der Waals surface area contributed by atoms with E-state index in [2.05, 4.69) is 10.6 Å². The first-order valence-corrected chi connectivity index (χ1v) is 8.97. The number of carbonyl (C=O) groups excluding carboxylic acids is 3. The number of hydrogen-bond acceptors (Lipinski definition) is 4. The molecular formula is C21H25N3O4. The molecule has 0 heterocycles. The van der Waals surface area contributed by atoms with Crippen LogP contribution >= 0.6 is 0 Å². The highest BCUT2D eigenvalue weighted by atomic mass is 16.5. The third-order valence-corrected chi connectivity index (χ3v) is 3.70. The predicted octanol–water partition coefficient (Wildman–Crippen LogP) is 3.42. The Morgan fingerprint density at radius 2 is 1.61 bits per heavy atom. The molecule has 0 aliphatic rings. The number of hydrogen-bond donors (Lipinski definition) is 2. The van der Waals surface area contributed by atoms with Crippen LogP contribution < -0.4 is 20.3 Å². The number of nitrogens with one attached hydrogen (secondary N) is 2. The fourth-order valence-electron chi connectivity index (χ4n) is 2.57. The topological polar surface area (TPSA) is 87.7 Å². The van der Waals surface area contributed by atoms with E-state index in [4.69, 9.17) is 4.74 Å². The zero-order chi connectivity index (χ0) is 20.7. The number of carbonyl (C=O) groups is 3. The minimum Gasteiger partial charge on any atom is -0.489 e. The number of benzene rings is 2. The monoisotopic (exact) mass is 383 g/mol. The average Bonchev–Trinajstić information content (AvgIpc) is 2.61. The number of rotatable bonds is 7. The van der Waals surface area contributed by atoms with Crippen molar-refractivity contribution in [3.05, 3.63) is 48.5 Å². The molecular weight excluding hydrogens is 358 g/mol. The minimum absolute atomic E-state index is 0.0334. The number of ether oxygens (including phenoxy) is 1. The summed E-state index contributed by atoms with van der Waals surface area (Å²) in [6.07, 6.45) is -0.0334. The molecule has 0 saturated carbocycles. The van der Waals surface area contributed by atoms with Crippen molar-refractivity contribution in [3.8, 4) is 5.75 Å². The maximum Gasteiger partial charge on any atom is 0.244 e. The molecule has 2 rings (SSSR count). The lowest BCUT2D eigenvalue weighted by Gasteiger charge is -2.21. The van der Waals surface area contributed by atoms with E-state index in [9.17, 15) is 14.4 Å². The van der Waals surface area contributed by atoms with Gasteiger partial charge in [-0.15, -0.1) is 0 Å². The summed E-state index contributed by atoms with van der Waals surface area (Å²) in [5.41, 5.74) is 1.72. The first kappa shape index (κ1) is 21.0. The summed E-state index contributed by atoms with van der Waals surface area (Å²) in [4.78, 5) is 37.1. The van der Waals surface area contributed by atoms with E-state index in [0.29, 0.717) is 22.8 Å². The van der Waals surface area contributed by atoms with Crippen molar-refractivity contribution in [3.63, 3.8) is 0 Å². The van der Waals surface area contributed by atoms with Gasteiger partial charge in [-0.05, 0) is 50.2 Å². The van der Waals surface area contributed by atoms with E-state index in [1.165, 1.54) is 18.7 Å². The second-order valence-electron chi connectivity index (χ2n) is 6.54. The molecule has 2 N–H and O–H groups in total. The van der Waals surface area contributed by atoms with Crippen LogP contribution in [0.5, 0.6) is 5.75 Å². The van der Waals surface area contributed by atoms with Gasteiger partial charge in [0.25, 0.3) is 0 Å². The number of amides is 3. The Kier molecular flexibility index (Phi) is 7.14. The van der Waals surface area contributed by atoms with Crippen LogP contribution in [0.25, 0.3) is 0 Å². The van der Waals surface area contributed by atoms with Crippen LogP contribution in [0.15, 0.2) is 48.5 Å².